The molecular weight excluding hydrogens is 328 g/mol. The van der Waals surface area contributed by atoms with E-state index >= 15 is 0 Å². The van der Waals surface area contributed by atoms with E-state index in [1.165, 1.54) is 0 Å². The number of hydrogen-bond donors (Lipinski definition) is 0. The first-order valence-corrected chi connectivity index (χ1v) is 8.46. The zero-order chi connectivity index (χ0) is 18.9. The zero-order valence-electron chi connectivity index (χ0n) is 15.7. The molecule has 1 amide bonds. The van der Waals surface area contributed by atoms with Crippen molar-refractivity contribution in [3.05, 3.63) is 65.0 Å². The first-order chi connectivity index (χ1) is 12.6. The Morgan fingerprint density at radius 3 is 2.62 bits per heavy atom. The maximum atomic E-state index is 10.6. The minimum Gasteiger partial charge on any atom is -0.490 e. The molecule has 0 aliphatic rings. The molecule has 0 atom stereocenters. The molecule has 0 N–H and O–H groups in total. The first-order valence-electron chi connectivity index (χ1n) is 8.46. The van der Waals surface area contributed by atoms with Crippen molar-refractivity contribution in [3.8, 4) is 11.5 Å². The Kier molecular flexibility index (Phi) is 7.09. The smallest absolute Gasteiger partial charge is 0.233 e. The lowest BCUT2D eigenvalue weighted by Crippen LogP contribution is -2.07. The molecule has 5 heteroatoms. The molecule has 0 unspecified atom stereocenters. The van der Waals surface area contributed by atoms with E-state index in [1.807, 2.05) is 51.1 Å². The normalized spacial score (nSPS) is 11.6. The van der Waals surface area contributed by atoms with Crippen LogP contribution in [0.5, 0.6) is 11.5 Å². The number of carbonyl (C=O) groups excluding carboxylic acids is 1. The van der Waals surface area contributed by atoms with Gasteiger partial charge in [-0.2, -0.15) is 0 Å². The summed E-state index contributed by atoms with van der Waals surface area (Å²) in [7, 11) is 0. The van der Waals surface area contributed by atoms with Crippen molar-refractivity contribution in [1.82, 2.24) is 4.98 Å². The minimum absolute atomic E-state index is 0.365. The summed E-state index contributed by atoms with van der Waals surface area (Å²) in [6.07, 6.45) is 7.85. The second kappa shape index (κ2) is 9.51. The molecular formula is C21H24N2O3. The third-order valence-electron chi connectivity index (χ3n) is 3.94. The van der Waals surface area contributed by atoms with Gasteiger partial charge < -0.3 is 9.47 Å². The van der Waals surface area contributed by atoms with E-state index in [9.17, 15) is 4.79 Å². The number of nitrogens with zero attached hydrogens (tertiary/aromatic N) is 2. The fourth-order valence-corrected chi connectivity index (χ4v) is 2.64. The minimum atomic E-state index is 0.365. The van der Waals surface area contributed by atoms with E-state index in [0.29, 0.717) is 25.3 Å². The summed E-state index contributed by atoms with van der Waals surface area (Å²) in [5.41, 5.74) is 4.37. The zero-order valence-corrected chi connectivity index (χ0v) is 15.7. The van der Waals surface area contributed by atoms with Crippen molar-refractivity contribution in [3.63, 3.8) is 0 Å². The molecule has 2 aromatic rings. The molecule has 2 rings (SSSR count). The molecule has 0 aliphatic heterocycles. The highest BCUT2D eigenvalue weighted by atomic mass is 16.5. The predicted octanol–water partition coefficient (Wildman–Crippen LogP) is 4.20. The van der Waals surface area contributed by atoms with Crippen LogP contribution in [0.3, 0.4) is 0 Å². The first kappa shape index (κ1) is 19.4. The summed E-state index contributed by atoms with van der Waals surface area (Å²) in [5.74, 6) is 1.65. The standard InChI is InChI=1S/C21H24N2O3/c1-5-6-9-25-19-10-15(2)21(16(3)11-19)26-13-18-7-8-22-12-20(18)17(4)23-14-24/h5-8,10-12,14H,9,13H2,1-4H3/b6-5+,23-17?. The quantitative estimate of drug-likeness (QED) is 0.406. The van der Waals surface area contributed by atoms with Gasteiger partial charge in [0.15, 0.2) is 0 Å². The maximum absolute atomic E-state index is 10.6. The predicted molar refractivity (Wildman–Crippen MR) is 103 cm³/mol. The van der Waals surface area contributed by atoms with E-state index in [0.717, 1.165) is 33.8 Å². The van der Waals surface area contributed by atoms with Crippen LogP contribution in [0.1, 0.15) is 36.1 Å². The van der Waals surface area contributed by atoms with Crippen molar-refractivity contribution in [2.24, 2.45) is 4.99 Å². The average molecular weight is 352 g/mol. The summed E-state index contributed by atoms with van der Waals surface area (Å²) < 4.78 is 11.8. The number of carbonyl (C=O) groups is 1. The summed E-state index contributed by atoms with van der Waals surface area (Å²) in [6, 6.07) is 5.81. The molecule has 1 aromatic heterocycles. The number of aryl methyl sites for hydroxylation is 2. The number of rotatable bonds is 8. The van der Waals surface area contributed by atoms with Crippen LogP contribution >= 0.6 is 0 Å². The van der Waals surface area contributed by atoms with Gasteiger partial charge in [0.05, 0.1) is 5.71 Å². The number of hydrogen-bond acceptors (Lipinski definition) is 4. The third kappa shape index (κ3) is 5.02. The largest absolute Gasteiger partial charge is 0.490 e. The Morgan fingerprint density at radius 2 is 1.96 bits per heavy atom. The summed E-state index contributed by atoms with van der Waals surface area (Å²) >= 11 is 0. The molecule has 0 fully saturated rings. The van der Waals surface area contributed by atoms with Crippen molar-refractivity contribution < 1.29 is 14.3 Å². The molecule has 26 heavy (non-hydrogen) atoms. The van der Waals surface area contributed by atoms with Gasteiger partial charge in [-0.15, -0.1) is 0 Å². The van der Waals surface area contributed by atoms with Gasteiger partial charge in [0.1, 0.15) is 24.7 Å². The van der Waals surface area contributed by atoms with Crippen LogP contribution in [-0.2, 0) is 11.4 Å². The van der Waals surface area contributed by atoms with Crippen LogP contribution in [0.15, 0.2) is 47.7 Å². The molecule has 1 aromatic carbocycles. The van der Waals surface area contributed by atoms with E-state index < -0.39 is 0 Å². The van der Waals surface area contributed by atoms with E-state index in [2.05, 4.69) is 9.98 Å². The van der Waals surface area contributed by atoms with Crippen molar-refractivity contribution in [2.75, 3.05) is 6.61 Å². The van der Waals surface area contributed by atoms with Gasteiger partial charge >= 0.3 is 0 Å². The fourth-order valence-electron chi connectivity index (χ4n) is 2.64. The molecule has 136 valence electrons. The fraction of sp³-hybridized carbons (Fsp3) is 0.286. The maximum Gasteiger partial charge on any atom is 0.233 e. The van der Waals surface area contributed by atoms with E-state index in [4.69, 9.17) is 9.47 Å². The lowest BCUT2D eigenvalue weighted by Gasteiger charge is -2.15. The van der Waals surface area contributed by atoms with Gasteiger partial charge in [-0.3, -0.25) is 9.78 Å². The van der Waals surface area contributed by atoms with Gasteiger partial charge in [-0.05, 0) is 57.0 Å². The van der Waals surface area contributed by atoms with Gasteiger partial charge in [-0.25, -0.2) is 4.99 Å². The van der Waals surface area contributed by atoms with Crippen molar-refractivity contribution in [2.45, 2.75) is 34.3 Å². The number of amides is 1. The van der Waals surface area contributed by atoms with Gasteiger partial charge in [0.2, 0.25) is 6.41 Å². The highest BCUT2D eigenvalue weighted by Crippen LogP contribution is 2.29. The Bertz CT molecular complexity index is 803. The highest BCUT2D eigenvalue weighted by molar-refractivity contribution is 6.02. The number of aliphatic imine (C=N–C) groups is 1. The van der Waals surface area contributed by atoms with Crippen molar-refractivity contribution >= 4 is 12.1 Å². The lowest BCUT2D eigenvalue weighted by atomic mass is 10.1. The number of pyridine rings is 1. The molecule has 0 saturated heterocycles. The monoisotopic (exact) mass is 352 g/mol. The Balaban J connectivity index is 2.18. The number of benzene rings is 1. The number of allylic oxidation sites excluding steroid dienone is 1. The summed E-state index contributed by atoms with van der Waals surface area (Å²) in [6.45, 7) is 8.65. The third-order valence-corrected chi connectivity index (χ3v) is 3.94. The molecule has 0 bridgehead atoms. The molecule has 1 heterocycles. The highest BCUT2D eigenvalue weighted by Gasteiger charge is 2.10. The second-order valence-electron chi connectivity index (χ2n) is 5.91. The van der Waals surface area contributed by atoms with Gasteiger partial charge in [0, 0.05) is 23.5 Å². The van der Waals surface area contributed by atoms with E-state index in [-0.39, 0.29) is 0 Å². The van der Waals surface area contributed by atoms with Crippen LogP contribution in [0.2, 0.25) is 0 Å². The SMILES string of the molecule is C/C=C/COc1cc(C)c(OCc2ccncc2C(C)=NC=O)c(C)c1. The van der Waals surface area contributed by atoms with Gasteiger partial charge in [0.25, 0.3) is 0 Å². The Labute approximate surface area is 154 Å². The lowest BCUT2D eigenvalue weighted by molar-refractivity contribution is -0.106. The Hall–Kier alpha value is -2.95. The second-order valence-corrected chi connectivity index (χ2v) is 5.91. The number of ether oxygens (including phenoxy) is 2. The van der Waals surface area contributed by atoms with Crippen molar-refractivity contribution in [1.29, 1.82) is 0 Å². The van der Waals surface area contributed by atoms with Crippen LogP contribution < -0.4 is 9.47 Å². The average Bonchev–Trinajstić information content (AvgIpc) is 2.62. The van der Waals surface area contributed by atoms with Crippen LogP contribution in [0.4, 0.5) is 0 Å². The summed E-state index contributed by atoms with van der Waals surface area (Å²) in [4.78, 5) is 18.6. The summed E-state index contributed by atoms with van der Waals surface area (Å²) in [5, 5.41) is 0. The topological polar surface area (TPSA) is 60.8 Å². The molecule has 0 spiro atoms. The molecule has 0 radical (unpaired) electrons. The van der Waals surface area contributed by atoms with Crippen LogP contribution in [-0.4, -0.2) is 23.7 Å². The van der Waals surface area contributed by atoms with Gasteiger partial charge in [-0.1, -0.05) is 12.2 Å². The molecule has 5 nitrogen and oxygen atoms in total. The molecule has 0 aliphatic carbocycles. The molecule has 0 saturated carbocycles. The Morgan fingerprint density at radius 1 is 1.23 bits per heavy atom. The van der Waals surface area contributed by atoms with E-state index in [1.54, 1.807) is 19.3 Å². The number of aromatic nitrogens is 1. The van der Waals surface area contributed by atoms with Crippen LogP contribution in [0, 0.1) is 13.8 Å². The van der Waals surface area contributed by atoms with Crippen LogP contribution in [0.25, 0.3) is 0 Å².